The topological polar surface area (TPSA) is 101 Å². The third-order valence-electron chi connectivity index (χ3n) is 6.73. The number of benzene rings is 3. The van der Waals surface area contributed by atoms with Gasteiger partial charge in [0.1, 0.15) is 28.8 Å². The maximum absolute atomic E-state index is 14.1. The molecular weight excluding hydrogens is 594 g/mol. The molecule has 1 unspecified atom stereocenters. The number of carbonyl (C=O) groups excluding carboxylic acids is 1. The molecule has 1 aromatic heterocycles. The first-order chi connectivity index (χ1) is 19.8. The summed E-state index contributed by atoms with van der Waals surface area (Å²) < 4.78 is 29.2. The fourth-order valence-electron chi connectivity index (χ4n) is 4.55. The van der Waals surface area contributed by atoms with E-state index in [4.69, 9.17) is 28.7 Å². The van der Waals surface area contributed by atoms with E-state index in [9.17, 15) is 9.59 Å². The monoisotopic (exact) mass is 625 g/mol. The van der Waals surface area contributed by atoms with Gasteiger partial charge in [-0.05, 0) is 47.1 Å². The highest BCUT2D eigenvalue weighted by atomic mass is 79.9. The van der Waals surface area contributed by atoms with E-state index in [0.29, 0.717) is 55.4 Å². The van der Waals surface area contributed by atoms with Crippen LogP contribution in [0, 0.1) is 0 Å². The number of amides is 1. The molecule has 0 bridgehead atoms. The Hall–Kier alpha value is -4.09. The normalized spacial score (nSPS) is 11.7. The predicted molar refractivity (Wildman–Crippen MR) is 159 cm³/mol. The van der Waals surface area contributed by atoms with Gasteiger partial charge >= 0.3 is 0 Å². The number of hydrogen-bond donors (Lipinski definition) is 0. The lowest BCUT2D eigenvalue weighted by Crippen LogP contribution is -2.39. The highest BCUT2D eigenvalue weighted by Crippen LogP contribution is 2.37. The zero-order chi connectivity index (χ0) is 29.7. The Balaban J connectivity index is 1.97. The number of rotatable bonds is 11. The van der Waals surface area contributed by atoms with Crippen molar-refractivity contribution in [2.45, 2.75) is 13.0 Å². The Labute approximate surface area is 246 Å². The van der Waals surface area contributed by atoms with Gasteiger partial charge in [0.2, 0.25) is 0 Å². The van der Waals surface area contributed by atoms with Crippen molar-refractivity contribution in [1.29, 1.82) is 0 Å². The number of methoxy groups -OCH3 is 5. The second-order valence-corrected chi connectivity index (χ2v) is 9.85. The lowest BCUT2D eigenvalue weighted by molar-refractivity contribution is 0.0604. The number of ether oxygens (including phenoxy) is 5. The molecule has 0 aliphatic rings. The molecule has 1 heterocycles. The molecule has 0 spiro atoms. The number of carbonyl (C=O) groups is 1. The van der Waals surface area contributed by atoms with Crippen LogP contribution in [0.2, 0.25) is 0 Å². The largest absolute Gasteiger partial charge is 0.497 e. The first-order valence-electron chi connectivity index (χ1n) is 12.7. The van der Waals surface area contributed by atoms with E-state index in [2.05, 4.69) is 15.9 Å². The molecule has 0 aliphatic heterocycles. The quantitative estimate of drug-likeness (QED) is 0.229. The molecule has 0 fully saturated rings. The Kier molecular flexibility index (Phi) is 9.51. The summed E-state index contributed by atoms with van der Waals surface area (Å²) in [5, 5.41) is 0.421. The average molecular weight is 627 g/mol. The van der Waals surface area contributed by atoms with Gasteiger partial charge in [-0.3, -0.25) is 14.2 Å². The van der Waals surface area contributed by atoms with E-state index >= 15 is 0 Å². The third-order valence-corrected chi connectivity index (χ3v) is 7.53. The van der Waals surface area contributed by atoms with Crippen molar-refractivity contribution < 1.29 is 28.5 Å². The second kappa shape index (κ2) is 13.0. The summed E-state index contributed by atoms with van der Waals surface area (Å²) >= 11 is 3.60. The minimum Gasteiger partial charge on any atom is -0.497 e. The Morgan fingerprint density at radius 2 is 1.56 bits per heavy atom. The molecule has 0 saturated carbocycles. The number of para-hydroxylation sites is 1. The van der Waals surface area contributed by atoms with Gasteiger partial charge in [0, 0.05) is 37.4 Å². The van der Waals surface area contributed by atoms with E-state index in [1.54, 1.807) is 60.5 Å². The Bertz CT molecular complexity index is 1600. The lowest BCUT2D eigenvalue weighted by Gasteiger charge is -2.31. The van der Waals surface area contributed by atoms with Crippen LogP contribution < -0.4 is 24.5 Å². The van der Waals surface area contributed by atoms with Gasteiger partial charge in [-0.1, -0.05) is 12.1 Å². The molecular formula is C30H32BrN3O7. The van der Waals surface area contributed by atoms with Gasteiger partial charge in [0.15, 0.2) is 0 Å². The van der Waals surface area contributed by atoms with Crippen LogP contribution in [0.1, 0.15) is 29.1 Å². The zero-order valence-electron chi connectivity index (χ0n) is 23.8. The summed E-state index contributed by atoms with van der Waals surface area (Å²) in [5.41, 5.74) is 0.996. The molecule has 1 atom stereocenters. The zero-order valence-corrected chi connectivity index (χ0v) is 25.4. The predicted octanol–water partition coefficient (Wildman–Crippen LogP) is 5.03. The van der Waals surface area contributed by atoms with Crippen LogP contribution in [0.15, 0.2) is 63.9 Å². The molecule has 0 saturated heterocycles. The molecule has 4 aromatic rings. The van der Waals surface area contributed by atoms with E-state index in [-0.39, 0.29) is 24.6 Å². The van der Waals surface area contributed by atoms with Gasteiger partial charge in [0.05, 0.1) is 62.2 Å². The van der Waals surface area contributed by atoms with E-state index in [1.165, 1.54) is 33.0 Å². The highest BCUT2D eigenvalue weighted by Gasteiger charge is 2.29. The first-order valence-corrected chi connectivity index (χ1v) is 13.5. The van der Waals surface area contributed by atoms with Crippen LogP contribution in [-0.4, -0.2) is 69.1 Å². The Morgan fingerprint density at radius 3 is 2.17 bits per heavy atom. The Morgan fingerprint density at radius 1 is 0.927 bits per heavy atom. The third kappa shape index (κ3) is 6.01. The molecule has 0 aliphatic carbocycles. The molecule has 10 nitrogen and oxygen atoms in total. The van der Waals surface area contributed by atoms with Crippen LogP contribution >= 0.6 is 15.9 Å². The fourth-order valence-corrected chi connectivity index (χ4v) is 5.12. The van der Waals surface area contributed by atoms with Crippen molar-refractivity contribution in [3.63, 3.8) is 0 Å². The number of fused-ring (bicyclic) bond motifs is 1. The van der Waals surface area contributed by atoms with E-state index in [0.717, 1.165) is 0 Å². The first kappa shape index (κ1) is 29.9. The van der Waals surface area contributed by atoms with Crippen molar-refractivity contribution in [2.24, 2.45) is 0 Å². The summed E-state index contributed by atoms with van der Waals surface area (Å²) in [7, 11) is 7.66. The smallest absolute Gasteiger partial charge is 0.266 e. The molecule has 0 N–H and O–H groups in total. The number of hydrogen-bond acceptors (Lipinski definition) is 8. The average Bonchev–Trinajstić information content (AvgIpc) is 3.00. The summed E-state index contributed by atoms with van der Waals surface area (Å²) in [5.74, 6) is 1.91. The molecule has 11 heteroatoms. The summed E-state index contributed by atoms with van der Waals surface area (Å²) in [6.45, 7) is 2.30. The van der Waals surface area contributed by atoms with Crippen LogP contribution in [0.4, 0.5) is 0 Å². The van der Waals surface area contributed by atoms with Gasteiger partial charge in [-0.2, -0.15) is 0 Å². The van der Waals surface area contributed by atoms with Crippen molar-refractivity contribution >= 4 is 32.7 Å². The molecule has 4 rings (SSSR count). The van der Waals surface area contributed by atoms with Crippen LogP contribution in [0.5, 0.6) is 23.0 Å². The van der Waals surface area contributed by atoms with Crippen molar-refractivity contribution in [3.8, 4) is 28.7 Å². The fraction of sp³-hybridized carbons (Fsp3) is 0.300. The maximum atomic E-state index is 14.1. The minimum atomic E-state index is -0.684. The number of nitrogens with zero attached hydrogens (tertiary/aromatic N) is 3. The minimum absolute atomic E-state index is 0.224. The van der Waals surface area contributed by atoms with E-state index < -0.39 is 6.04 Å². The molecule has 1 amide bonds. The van der Waals surface area contributed by atoms with Crippen molar-refractivity contribution in [1.82, 2.24) is 14.5 Å². The SMILES string of the molecule is COCCN(C(=O)c1cc(OC)cc(OC)c1)C(C)c1nc2ccccc2c(=O)n1-c1cc(OC)cc(OC)c1Br. The highest BCUT2D eigenvalue weighted by molar-refractivity contribution is 9.10. The second-order valence-electron chi connectivity index (χ2n) is 9.06. The number of halogens is 1. The molecule has 41 heavy (non-hydrogen) atoms. The van der Waals surface area contributed by atoms with Crippen molar-refractivity contribution in [2.75, 3.05) is 48.7 Å². The summed E-state index contributed by atoms with van der Waals surface area (Å²) in [6.07, 6.45) is 0. The number of aromatic nitrogens is 2. The standard InChI is InChI=1S/C30H32BrN3O7/c1-18(33(11-12-37-2)29(35)19-13-20(38-3)15-21(14-19)39-4)28-32-24-10-8-7-9-23(24)30(36)34(28)25-16-22(40-5)17-26(41-6)27(25)31/h7-10,13-18H,11-12H2,1-6H3. The van der Waals surface area contributed by atoms with Gasteiger partial charge < -0.3 is 28.6 Å². The van der Waals surface area contributed by atoms with Crippen LogP contribution in [0.25, 0.3) is 16.6 Å². The molecule has 3 aromatic carbocycles. The van der Waals surface area contributed by atoms with Gasteiger partial charge in [-0.15, -0.1) is 0 Å². The van der Waals surface area contributed by atoms with Gasteiger partial charge in [0.25, 0.3) is 11.5 Å². The summed E-state index contributed by atoms with van der Waals surface area (Å²) in [6, 6.07) is 14.8. The molecule has 0 radical (unpaired) electrons. The summed E-state index contributed by atoms with van der Waals surface area (Å²) in [4.78, 5) is 34.7. The molecule has 216 valence electrons. The van der Waals surface area contributed by atoms with Crippen LogP contribution in [-0.2, 0) is 4.74 Å². The van der Waals surface area contributed by atoms with Crippen molar-refractivity contribution in [3.05, 3.63) is 80.8 Å². The lowest BCUT2D eigenvalue weighted by atomic mass is 10.1. The van der Waals surface area contributed by atoms with Gasteiger partial charge in [-0.25, -0.2) is 4.98 Å². The maximum Gasteiger partial charge on any atom is 0.266 e. The van der Waals surface area contributed by atoms with E-state index in [1.807, 2.05) is 13.0 Å². The van der Waals surface area contributed by atoms with Crippen LogP contribution in [0.3, 0.4) is 0 Å².